The maximum absolute atomic E-state index is 12.3. The van der Waals surface area contributed by atoms with E-state index in [0.717, 1.165) is 32.0 Å². The van der Waals surface area contributed by atoms with E-state index in [9.17, 15) is 4.79 Å². The third-order valence-electron chi connectivity index (χ3n) is 4.07. The van der Waals surface area contributed by atoms with E-state index >= 15 is 0 Å². The molecule has 7 nitrogen and oxygen atoms in total. The number of methoxy groups -OCH3 is 1. The van der Waals surface area contributed by atoms with Crippen molar-refractivity contribution in [2.24, 2.45) is 0 Å². The summed E-state index contributed by atoms with van der Waals surface area (Å²) in [5, 5.41) is 11.1. The van der Waals surface area contributed by atoms with Crippen LogP contribution in [0.3, 0.4) is 0 Å². The number of likely N-dealkylation sites (N-methyl/N-ethyl adjacent to an activating group) is 1. The lowest BCUT2D eigenvalue weighted by atomic mass is 10.2. The summed E-state index contributed by atoms with van der Waals surface area (Å²) in [6, 6.07) is 10.7. The quantitative estimate of drug-likeness (QED) is 0.917. The minimum absolute atomic E-state index is 0.269. The second kappa shape index (κ2) is 7.27. The first-order chi connectivity index (χ1) is 11.7. The summed E-state index contributed by atoms with van der Waals surface area (Å²) in [4.78, 5) is 16.8. The molecule has 1 aliphatic heterocycles. The number of nitrogens with one attached hydrogen (secondary N) is 1. The van der Waals surface area contributed by atoms with E-state index in [1.165, 1.54) is 7.11 Å². The molecule has 1 amide bonds. The molecule has 0 saturated carbocycles. The van der Waals surface area contributed by atoms with Gasteiger partial charge in [0.2, 0.25) is 0 Å². The molecule has 1 aromatic carbocycles. The minimum atomic E-state index is -0.269. The molecule has 1 aromatic heterocycles. The van der Waals surface area contributed by atoms with Crippen LogP contribution in [-0.4, -0.2) is 61.3 Å². The number of benzene rings is 1. The van der Waals surface area contributed by atoms with Crippen LogP contribution in [0, 0.1) is 0 Å². The first kappa shape index (κ1) is 16.2. The lowest BCUT2D eigenvalue weighted by Gasteiger charge is -2.32. The van der Waals surface area contributed by atoms with Gasteiger partial charge in [-0.15, -0.1) is 10.2 Å². The molecule has 0 radical (unpaired) electrons. The number of para-hydroxylation sites is 1. The molecule has 1 saturated heterocycles. The largest absolute Gasteiger partial charge is 0.496 e. The van der Waals surface area contributed by atoms with Crippen LogP contribution < -0.4 is 15.0 Å². The van der Waals surface area contributed by atoms with Crippen molar-refractivity contribution in [3.8, 4) is 5.75 Å². The second-order valence-electron chi connectivity index (χ2n) is 5.72. The Hall–Kier alpha value is -2.67. The molecule has 0 bridgehead atoms. The summed E-state index contributed by atoms with van der Waals surface area (Å²) in [7, 11) is 3.65. The highest BCUT2D eigenvalue weighted by atomic mass is 16.5. The molecule has 7 heteroatoms. The highest BCUT2D eigenvalue weighted by Gasteiger charge is 2.16. The third-order valence-corrected chi connectivity index (χ3v) is 4.07. The molecule has 0 atom stereocenters. The topological polar surface area (TPSA) is 70.6 Å². The fraction of sp³-hybridized carbons (Fsp3) is 0.353. The molecule has 1 fully saturated rings. The number of nitrogens with zero attached hydrogens (tertiary/aromatic N) is 4. The summed E-state index contributed by atoms with van der Waals surface area (Å²) < 4.78 is 5.20. The lowest BCUT2D eigenvalue weighted by Crippen LogP contribution is -2.44. The number of anilines is 2. The number of rotatable bonds is 4. The van der Waals surface area contributed by atoms with Crippen LogP contribution in [0.15, 0.2) is 36.4 Å². The first-order valence-corrected chi connectivity index (χ1v) is 7.89. The van der Waals surface area contributed by atoms with Crippen molar-refractivity contribution in [2.45, 2.75) is 0 Å². The molecule has 0 unspecified atom stereocenters. The van der Waals surface area contributed by atoms with Gasteiger partial charge in [-0.2, -0.15) is 0 Å². The SMILES string of the molecule is COc1ccccc1C(=O)Nc1ccc(N2CCN(C)CC2)nn1. The first-order valence-electron chi connectivity index (χ1n) is 7.89. The Morgan fingerprint density at radius 1 is 1.08 bits per heavy atom. The lowest BCUT2D eigenvalue weighted by molar-refractivity contribution is 0.102. The van der Waals surface area contributed by atoms with Crippen molar-refractivity contribution < 1.29 is 9.53 Å². The Labute approximate surface area is 141 Å². The van der Waals surface area contributed by atoms with Gasteiger partial charge < -0.3 is 19.9 Å². The molecule has 1 aliphatic rings. The Bertz CT molecular complexity index is 696. The monoisotopic (exact) mass is 327 g/mol. The average molecular weight is 327 g/mol. The number of hydrogen-bond donors (Lipinski definition) is 1. The fourth-order valence-corrected chi connectivity index (χ4v) is 2.61. The van der Waals surface area contributed by atoms with Crippen LogP contribution in [0.2, 0.25) is 0 Å². The number of amides is 1. The van der Waals surface area contributed by atoms with Crippen LogP contribution in [0.4, 0.5) is 11.6 Å². The zero-order chi connectivity index (χ0) is 16.9. The molecule has 2 heterocycles. The number of ether oxygens (including phenoxy) is 1. The smallest absolute Gasteiger partial charge is 0.260 e. The van der Waals surface area contributed by atoms with E-state index in [4.69, 9.17) is 4.74 Å². The van der Waals surface area contributed by atoms with Gasteiger partial charge in [0, 0.05) is 26.2 Å². The van der Waals surface area contributed by atoms with Gasteiger partial charge in [-0.25, -0.2) is 0 Å². The van der Waals surface area contributed by atoms with Crippen LogP contribution >= 0.6 is 0 Å². The maximum atomic E-state index is 12.3. The predicted molar refractivity (Wildman–Crippen MR) is 92.7 cm³/mol. The van der Waals surface area contributed by atoms with E-state index in [1.807, 2.05) is 12.1 Å². The normalized spacial score (nSPS) is 15.2. The summed E-state index contributed by atoms with van der Waals surface area (Å²) in [5.41, 5.74) is 0.463. The van der Waals surface area contributed by atoms with Crippen LogP contribution in [0.5, 0.6) is 5.75 Å². The van der Waals surface area contributed by atoms with Crippen LogP contribution in [-0.2, 0) is 0 Å². The molecule has 1 N–H and O–H groups in total. The van der Waals surface area contributed by atoms with E-state index < -0.39 is 0 Å². The maximum Gasteiger partial charge on any atom is 0.260 e. The zero-order valence-electron chi connectivity index (χ0n) is 13.9. The number of carbonyl (C=O) groups excluding carboxylic acids is 1. The molecular weight excluding hydrogens is 306 g/mol. The third kappa shape index (κ3) is 3.62. The van der Waals surface area contributed by atoms with Gasteiger partial charge >= 0.3 is 0 Å². The van der Waals surface area contributed by atoms with Crippen LogP contribution in [0.1, 0.15) is 10.4 Å². The summed E-state index contributed by atoms with van der Waals surface area (Å²) >= 11 is 0. The van der Waals surface area contributed by atoms with Crippen LogP contribution in [0.25, 0.3) is 0 Å². The van der Waals surface area contributed by atoms with Crippen molar-refractivity contribution in [1.82, 2.24) is 15.1 Å². The molecule has 3 rings (SSSR count). The van der Waals surface area contributed by atoms with Gasteiger partial charge in [-0.1, -0.05) is 12.1 Å². The molecular formula is C17H21N5O2. The van der Waals surface area contributed by atoms with E-state index in [2.05, 4.69) is 32.4 Å². The van der Waals surface area contributed by atoms with Crippen molar-refractivity contribution in [1.29, 1.82) is 0 Å². The van der Waals surface area contributed by atoms with E-state index in [-0.39, 0.29) is 5.91 Å². The Morgan fingerprint density at radius 2 is 1.83 bits per heavy atom. The molecule has 126 valence electrons. The molecule has 24 heavy (non-hydrogen) atoms. The van der Waals surface area contributed by atoms with Crippen molar-refractivity contribution in [2.75, 3.05) is 50.6 Å². The van der Waals surface area contributed by atoms with E-state index in [0.29, 0.717) is 17.1 Å². The van der Waals surface area contributed by atoms with Gasteiger partial charge in [0.1, 0.15) is 5.75 Å². The van der Waals surface area contributed by atoms with Gasteiger partial charge in [-0.3, -0.25) is 4.79 Å². The van der Waals surface area contributed by atoms with E-state index in [1.54, 1.807) is 24.3 Å². The van der Waals surface area contributed by atoms with Crippen molar-refractivity contribution >= 4 is 17.5 Å². The van der Waals surface area contributed by atoms with Gasteiger partial charge in [0.05, 0.1) is 12.7 Å². The van der Waals surface area contributed by atoms with Gasteiger partial charge in [-0.05, 0) is 31.3 Å². The number of hydrogen-bond acceptors (Lipinski definition) is 6. The predicted octanol–water partition coefficient (Wildman–Crippen LogP) is 1.49. The number of aromatic nitrogens is 2. The second-order valence-corrected chi connectivity index (χ2v) is 5.72. The van der Waals surface area contributed by atoms with Gasteiger partial charge in [0.25, 0.3) is 5.91 Å². The molecule has 0 aliphatic carbocycles. The number of carbonyl (C=O) groups is 1. The average Bonchev–Trinajstić information content (AvgIpc) is 2.63. The molecule has 2 aromatic rings. The van der Waals surface area contributed by atoms with Gasteiger partial charge in [0.15, 0.2) is 11.6 Å². The Kier molecular flexibility index (Phi) is 4.90. The highest BCUT2D eigenvalue weighted by Crippen LogP contribution is 2.19. The molecule has 0 spiro atoms. The highest BCUT2D eigenvalue weighted by molar-refractivity contribution is 6.05. The summed E-state index contributed by atoms with van der Waals surface area (Å²) in [5.74, 6) is 1.51. The fourth-order valence-electron chi connectivity index (χ4n) is 2.61. The Morgan fingerprint density at radius 3 is 2.50 bits per heavy atom. The zero-order valence-corrected chi connectivity index (χ0v) is 13.9. The minimum Gasteiger partial charge on any atom is -0.496 e. The summed E-state index contributed by atoms with van der Waals surface area (Å²) in [6.07, 6.45) is 0. The number of piperazine rings is 1. The summed E-state index contributed by atoms with van der Waals surface area (Å²) in [6.45, 7) is 3.87. The Balaban J connectivity index is 1.67. The van der Waals surface area contributed by atoms with Crippen molar-refractivity contribution in [3.63, 3.8) is 0 Å². The standard InChI is InChI=1S/C17H21N5O2/c1-21-9-11-22(12-10-21)16-8-7-15(19-20-16)18-17(23)13-5-3-4-6-14(13)24-2/h3-8H,9-12H2,1-2H3,(H,18,19,23). The van der Waals surface area contributed by atoms with Crippen molar-refractivity contribution in [3.05, 3.63) is 42.0 Å².